The van der Waals surface area contributed by atoms with Crippen molar-refractivity contribution >= 4 is 11.4 Å². The van der Waals surface area contributed by atoms with Crippen LogP contribution in [-0.4, -0.2) is 44.3 Å². The number of nitrogens with zero attached hydrogens (tertiary/aromatic N) is 2. The fourth-order valence-electron chi connectivity index (χ4n) is 2.11. The average Bonchev–Trinajstić information content (AvgIpc) is 2.31. The van der Waals surface area contributed by atoms with Crippen molar-refractivity contribution in [2.24, 2.45) is 0 Å². The van der Waals surface area contributed by atoms with Gasteiger partial charge < -0.3 is 10.6 Å². The van der Waals surface area contributed by atoms with Crippen molar-refractivity contribution in [1.82, 2.24) is 4.90 Å². The number of hydrogen-bond donors (Lipinski definition) is 1. The van der Waals surface area contributed by atoms with Gasteiger partial charge in [-0.05, 0) is 12.1 Å². The van der Waals surface area contributed by atoms with Crippen LogP contribution in [0.2, 0.25) is 0 Å². The molecule has 0 radical (unpaired) electrons. The molecule has 3 nitrogen and oxygen atoms in total. The van der Waals surface area contributed by atoms with Crippen molar-refractivity contribution in [3.63, 3.8) is 0 Å². The first kappa shape index (κ1) is 11.2. The second-order valence-corrected chi connectivity index (χ2v) is 4.08. The molecule has 2 rings (SSSR count). The number of nitrogens with two attached hydrogens (primary N) is 1. The molecule has 0 spiro atoms. The molecule has 1 aromatic rings. The zero-order chi connectivity index (χ0) is 11.4. The predicted molar refractivity (Wildman–Crippen MR) is 65.5 cm³/mol. The lowest BCUT2D eigenvalue weighted by Crippen LogP contribution is -2.47. The Hall–Kier alpha value is -1.29. The van der Waals surface area contributed by atoms with E-state index in [9.17, 15) is 4.39 Å². The Morgan fingerprint density at radius 1 is 1.12 bits per heavy atom. The fraction of sp³-hybridized carbons (Fsp3) is 0.500. The quantitative estimate of drug-likeness (QED) is 0.785. The van der Waals surface area contributed by atoms with E-state index in [0.717, 1.165) is 37.6 Å². The maximum absolute atomic E-state index is 12.2. The first-order valence-electron chi connectivity index (χ1n) is 5.69. The van der Waals surface area contributed by atoms with Gasteiger partial charge >= 0.3 is 0 Å². The van der Waals surface area contributed by atoms with Gasteiger partial charge in [0, 0.05) is 32.7 Å². The van der Waals surface area contributed by atoms with Crippen molar-refractivity contribution in [2.75, 3.05) is 50.0 Å². The molecule has 16 heavy (non-hydrogen) atoms. The first-order valence-corrected chi connectivity index (χ1v) is 5.69. The smallest absolute Gasteiger partial charge is 0.102 e. The van der Waals surface area contributed by atoms with Crippen molar-refractivity contribution in [1.29, 1.82) is 0 Å². The molecule has 1 heterocycles. The van der Waals surface area contributed by atoms with Crippen LogP contribution < -0.4 is 10.6 Å². The number of rotatable bonds is 3. The minimum atomic E-state index is -0.256. The van der Waals surface area contributed by atoms with Crippen LogP contribution in [0.4, 0.5) is 15.8 Å². The molecule has 0 aromatic heterocycles. The van der Waals surface area contributed by atoms with Gasteiger partial charge in [0.05, 0.1) is 11.4 Å². The lowest BCUT2D eigenvalue weighted by atomic mass is 10.2. The van der Waals surface area contributed by atoms with Gasteiger partial charge in [-0.2, -0.15) is 0 Å². The Morgan fingerprint density at radius 3 is 2.44 bits per heavy atom. The van der Waals surface area contributed by atoms with Crippen LogP contribution in [0.25, 0.3) is 0 Å². The van der Waals surface area contributed by atoms with E-state index in [1.165, 1.54) is 0 Å². The van der Waals surface area contributed by atoms with Gasteiger partial charge in [-0.15, -0.1) is 0 Å². The van der Waals surface area contributed by atoms with Gasteiger partial charge in [-0.3, -0.25) is 4.90 Å². The molecule has 0 unspecified atom stereocenters. The summed E-state index contributed by atoms with van der Waals surface area (Å²) in [5, 5.41) is 0. The van der Waals surface area contributed by atoms with Crippen LogP contribution in [0.5, 0.6) is 0 Å². The zero-order valence-corrected chi connectivity index (χ0v) is 9.40. The predicted octanol–water partition coefficient (Wildman–Crippen LogP) is 1.36. The number of para-hydroxylation sites is 2. The summed E-state index contributed by atoms with van der Waals surface area (Å²) in [4.78, 5) is 4.42. The van der Waals surface area contributed by atoms with Crippen LogP contribution in [0.1, 0.15) is 0 Å². The number of hydrogen-bond acceptors (Lipinski definition) is 3. The molecule has 0 bridgehead atoms. The SMILES string of the molecule is Nc1ccccc1N1CCN(CCF)CC1. The van der Waals surface area contributed by atoms with E-state index >= 15 is 0 Å². The third kappa shape index (κ3) is 2.44. The van der Waals surface area contributed by atoms with Gasteiger partial charge in [-0.25, -0.2) is 4.39 Å². The highest BCUT2D eigenvalue weighted by Crippen LogP contribution is 2.23. The number of alkyl halides is 1. The zero-order valence-electron chi connectivity index (χ0n) is 9.40. The molecule has 2 N–H and O–H groups in total. The van der Waals surface area contributed by atoms with Crippen molar-refractivity contribution in [3.8, 4) is 0 Å². The van der Waals surface area contributed by atoms with Crippen LogP contribution in [0.15, 0.2) is 24.3 Å². The van der Waals surface area contributed by atoms with E-state index in [2.05, 4.69) is 9.80 Å². The number of piperazine rings is 1. The van der Waals surface area contributed by atoms with E-state index in [1.54, 1.807) is 0 Å². The average molecular weight is 223 g/mol. The maximum atomic E-state index is 12.2. The monoisotopic (exact) mass is 223 g/mol. The topological polar surface area (TPSA) is 32.5 Å². The summed E-state index contributed by atoms with van der Waals surface area (Å²) in [6.45, 7) is 3.98. The molecule has 88 valence electrons. The van der Waals surface area contributed by atoms with Crippen molar-refractivity contribution < 1.29 is 4.39 Å². The summed E-state index contributed by atoms with van der Waals surface area (Å²) in [5.74, 6) is 0. The summed E-state index contributed by atoms with van der Waals surface area (Å²) >= 11 is 0. The van der Waals surface area contributed by atoms with E-state index in [4.69, 9.17) is 5.73 Å². The van der Waals surface area contributed by atoms with E-state index in [1.807, 2.05) is 24.3 Å². The maximum Gasteiger partial charge on any atom is 0.102 e. The number of anilines is 2. The molecule has 1 saturated heterocycles. The Morgan fingerprint density at radius 2 is 1.81 bits per heavy atom. The Balaban J connectivity index is 1.96. The molecular weight excluding hydrogens is 205 g/mol. The van der Waals surface area contributed by atoms with E-state index in [-0.39, 0.29) is 6.67 Å². The standard InChI is InChI=1S/C12H18FN3/c13-5-6-15-7-9-16(10-8-15)12-4-2-1-3-11(12)14/h1-4H,5-10,14H2. The van der Waals surface area contributed by atoms with Crippen molar-refractivity contribution in [3.05, 3.63) is 24.3 Å². The molecule has 1 fully saturated rings. The summed E-state index contributed by atoms with van der Waals surface area (Å²) in [5.41, 5.74) is 7.85. The largest absolute Gasteiger partial charge is 0.397 e. The highest BCUT2D eigenvalue weighted by atomic mass is 19.1. The minimum absolute atomic E-state index is 0.256. The number of halogens is 1. The fourth-order valence-corrected chi connectivity index (χ4v) is 2.11. The van der Waals surface area contributed by atoms with Crippen LogP contribution >= 0.6 is 0 Å². The summed E-state index contributed by atoms with van der Waals surface area (Å²) < 4.78 is 12.2. The van der Waals surface area contributed by atoms with Gasteiger partial charge in [0.25, 0.3) is 0 Å². The summed E-state index contributed by atoms with van der Waals surface area (Å²) in [6.07, 6.45) is 0. The van der Waals surface area contributed by atoms with Crippen LogP contribution in [0.3, 0.4) is 0 Å². The van der Waals surface area contributed by atoms with Gasteiger partial charge in [-0.1, -0.05) is 12.1 Å². The molecule has 1 aromatic carbocycles. The molecular formula is C12H18FN3. The van der Waals surface area contributed by atoms with E-state index < -0.39 is 0 Å². The second-order valence-electron chi connectivity index (χ2n) is 4.08. The molecule has 0 atom stereocenters. The molecule has 0 aliphatic carbocycles. The Bertz CT molecular complexity index is 335. The highest BCUT2D eigenvalue weighted by molar-refractivity contribution is 5.67. The molecule has 4 heteroatoms. The van der Waals surface area contributed by atoms with Gasteiger partial charge in [0.15, 0.2) is 0 Å². The number of nitrogen functional groups attached to an aromatic ring is 1. The number of benzene rings is 1. The Kier molecular flexibility index (Phi) is 3.62. The third-order valence-corrected chi connectivity index (χ3v) is 3.05. The molecule has 0 saturated carbocycles. The Labute approximate surface area is 95.6 Å². The highest BCUT2D eigenvalue weighted by Gasteiger charge is 2.17. The molecule has 1 aliphatic rings. The third-order valence-electron chi connectivity index (χ3n) is 3.05. The lowest BCUT2D eigenvalue weighted by Gasteiger charge is -2.36. The summed E-state index contributed by atoms with van der Waals surface area (Å²) in [7, 11) is 0. The van der Waals surface area contributed by atoms with E-state index in [0.29, 0.717) is 6.54 Å². The van der Waals surface area contributed by atoms with Crippen LogP contribution in [0, 0.1) is 0 Å². The summed E-state index contributed by atoms with van der Waals surface area (Å²) in [6, 6.07) is 7.90. The second kappa shape index (κ2) is 5.16. The molecule has 1 aliphatic heterocycles. The van der Waals surface area contributed by atoms with Crippen LogP contribution in [-0.2, 0) is 0 Å². The van der Waals surface area contributed by atoms with Gasteiger partial charge in [0.1, 0.15) is 6.67 Å². The van der Waals surface area contributed by atoms with Gasteiger partial charge in [0.2, 0.25) is 0 Å². The first-order chi connectivity index (χ1) is 7.81. The normalized spacial score (nSPS) is 17.7. The molecule has 0 amide bonds. The minimum Gasteiger partial charge on any atom is -0.397 e. The van der Waals surface area contributed by atoms with Crippen molar-refractivity contribution in [2.45, 2.75) is 0 Å². The lowest BCUT2D eigenvalue weighted by molar-refractivity contribution is 0.235.